The third-order valence-electron chi connectivity index (χ3n) is 2.39. The minimum atomic E-state index is 0.897. The minimum Gasteiger partial charge on any atom is -0.275 e. The van der Waals surface area contributed by atoms with E-state index < -0.39 is 0 Å². The van der Waals surface area contributed by atoms with Crippen LogP contribution in [0.15, 0.2) is 30.5 Å². The summed E-state index contributed by atoms with van der Waals surface area (Å²) in [6.45, 7) is 2.08. The van der Waals surface area contributed by atoms with Crippen LogP contribution < -0.4 is 0 Å². The molecule has 0 aliphatic carbocycles. The molecule has 2 aromatic rings. The van der Waals surface area contributed by atoms with E-state index in [9.17, 15) is 0 Å². The van der Waals surface area contributed by atoms with Gasteiger partial charge in [0.15, 0.2) is 0 Å². The lowest BCUT2D eigenvalue weighted by Gasteiger charge is -2.00. The number of nitrogens with zero attached hydrogens (tertiary/aromatic N) is 2. The lowest BCUT2D eigenvalue weighted by atomic mass is 10.1. The zero-order valence-electron chi connectivity index (χ0n) is 8.87. The number of hydrogen-bond donors (Lipinski definition) is 0. The van der Waals surface area contributed by atoms with Crippen molar-refractivity contribution in [1.29, 1.82) is 0 Å². The summed E-state index contributed by atoms with van der Waals surface area (Å²) >= 11 is 3.44. The number of aryl methyl sites for hydroxylation is 2. The number of rotatable bonds is 2. The second-order valence-corrected chi connectivity index (χ2v) is 4.23. The third-order valence-corrected chi connectivity index (χ3v) is 3.04. The molecule has 0 atom stereocenters. The van der Waals surface area contributed by atoms with Gasteiger partial charge in [0.1, 0.15) is 0 Å². The van der Waals surface area contributed by atoms with E-state index in [0.29, 0.717) is 0 Å². The quantitative estimate of drug-likeness (QED) is 0.762. The van der Waals surface area contributed by atoms with Gasteiger partial charge in [-0.1, -0.05) is 40.2 Å². The summed E-state index contributed by atoms with van der Waals surface area (Å²) in [6.07, 6.45) is 2.04. The molecule has 3 heteroatoms. The normalized spacial score (nSPS) is 10.6. The molecule has 1 heterocycles. The number of halogens is 1. The van der Waals surface area contributed by atoms with E-state index >= 15 is 0 Å². The van der Waals surface area contributed by atoms with Crippen LogP contribution >= 0.6 is 15.9 Å². The van der Waals surface area contributed by atoms with Gasteiger partial charge in [0.25, 0.3) is 0 Å². The number of aromatic nitrogens is 2. The Morgan fingerprint density at radius 2 is 1.93 bits per heavy atom. The SMILES string of the molecule is Cc1cn(C)nc1-c1ccc(CBr)cc1. The maximum Gasteiger partial charge on any atom is 0.0952 e. The molecule has 0 saturated heterocycles. The second-order valence-electron chi connectivity index (χ2n) is 3.66. The molecule has 0 aliphatic heterocycles. The maximum absolute atomic E-state index is 4.44. The Morgan fingerprint density at radius 1 is 1.27 bits per heavy atom. The molecule has 78 valence electrons. The Hall–Kier alpha value is -1.09. The zero-order chi connectivity index (χ0) is 10.8. The summed E-state index contributed by atoms with van der Waals surface area (Å²) in [5, 5.41) is 5.34. The highest BCUT2D eigenvalue weighted by Crippen LogP contribution is 2.21. The predicted octanol–water partition coefficient (Wildman–Crippen LogP) is 3.29. The summed E-state index contributed by atoms with van der Waals surface area (Å²) in [5.41, 5.74) is 4.74. The molecule has 0 aliphatic rings. The predicted molar refractivity (Wildman–Crippen MR) is 66.0 cm³/mol. The molecule has 0 saturated carbocycles. The van der Waals surface area contributed by atoms with Crippen molar-refractivity contribution in [2.45, 2.75) is 12.3 Å². The molecule has 0 N–H and O–H groups in total. The van der Waals surface area contributed by atoms with E-state index in [1.54, 1.807) is 0 Å². The van der Waals surface area contributed by atoms with Crippen LogP contribution in [0.2, 0.25) is 0 Å². The molecule has 0 bridgehead atoms. The average Bonchev–Trinajstić information content (AvgIpc) is 2.58. The van der Waals surface area contributed by atoms with Gasteiger partial charge >= 0.3 is 0 Å². The van der Waals surface area contributed by atoms with Gasteiger partial charge in [-0.15, -0.1) is 0 Å². The Labute approximate surface area is 98.1 Å². The van der Waals surface area contributed by atoms with Gasteiger partial charge in [-0.3, -0.25) is 4.68 Å². The highest BCUT2D eigenvalue weighted by molar-refractivity contribution is 9.08. The third kappa shape index (κ3) is 2.12. The van der Waals surface area contributed by atoms with Crippen molar-refractivity contribution in [1.82, 2.24) is 9.78 Å². The summed E-state index contributed by atoms with van der Waals surface area (Å²) in [7, 11) is 1.95. The minimum absolute atomic E-state index is 0.897. The van der Waals surface area contributed by atoms with Crippen molar-refractivity contribution in [3.8, 4) is 11.3 Å². The van der Waals surface area contributed by atoms with Gasteiger partial charge in [-0.25, -0.2) is 0 Å². The fraction of sp³-hybridized carbons (Fsp3) is 0.250. The lowest BCUT2D eigenvalue weighted by Crippen LogP contribution is -1.88. The highest BCUT2D eigenvalue weighted by atomic mass is 79.9. The van der Waals surface area contributed by atoms with E-state index in [1.165, 1.54) is 16.7 Å². The lowest BCUT2D eigenvalue weighted by molar-refractivity contribution is 0.770. The van der Waals surface area contributed by atoms with E-state index in [4.69, 9.17) is 0 Å². The molecule has 0 amide bonds. The number of alkyl halides is 1. The second kappa shape index (κ2) is 4.19. The van der Waals surface area contributed by atoms with Gasteiger partial charge in [0.05, 0.1) is 5.69 Å². The van der Waals surface area contributed by atoms with Crippen LogP contribution in [0.4, 0.5) is 0 Å². The Balaban J connectivity index is 2.41. The van der Waals surface area contributed by atoms with Crippen molar-refractivity contribution < 1.29 is 0 Å². The number of benzene rings is 1. The van der Waals surface area contributed by atoms with Crippen molar-refractivity contribution in [2.24, 2.45) is 7.05 Å². The standard InChI is InChI=1S/C12H13BrN2/c1-9-8-15(2)14-12(9)11-5-3-10(7-13)4-6-11/h3-6,8H,7H2,1-2H3. The van der Waals surface area contributed by atoms with Crippen LogP contribution in [0.1, 0.15) is 11.1 Å². The molecule has 0 unspecified atom stereocenters. The Kier molecular flexibility index (Phi) is 2.91. The Morgan fingerprint density at radius 3 is 2.40 bits per heavy atom. The largest absolute Gasteiger partial charge is 0.275 e. The van der Waals surface area contributed by atoms with Gasteiger partial charge in [0, 0.05) is 24.1 Å². The first-order chi connectivity index (χ1) is 7.20. The van der Waals surface area contributed by atoms with Gasteiger partial charge < -0.3 is 0 Å². The van der Waals surface area contributed by atoms with Crippen molar-refractivity contribution in [3.63, 3.8) is 0 Å². The van der Waals surface area contributed by atoms with E-state index in [2.05, 4.69) is 52.2 Å². The maximum atomic E-state index is 4.44. The molecule has 15 heavy (non-hydrogen) atoms. The monoisotopic (exact) mass is 264 g/mol. The van der Waals surface area contributed by atoms with E-state index in [-0.39, 0.29) is 0 Å². The van der Waals surface area contributed by atoms with Crippen molar-refractivity contribution in [2.75, 3.05) is 0 Å². The van der Waals surface area contributed by atoms with Crippen LogP contribution in [-0.4, -0.2) is 9.78 Å². The van der Waals surface area contributed by atoms with Crippen LogP contribution in [-0.2, 0) is 12.4 Å². The van der Waals surface area contributed by atoms with Crippen LogP contribution in [0.3, 0.4) is 0 Å². The first-order valence-electron chi connectivity index (χ1n) is 4.86. The topological polar surface area (TPSA) is 17.8 Å². The van der Waals surface area contributed by atoms with Gasteiger partial charge in [-0.2, -0.15) is 5.10 Å². The van der Waals surface area contributed by atoms with Crippen LogP contribution in [0.5, 0.6) is 0 Å². The molecule has 1 aromatic carbocycles. The molecule has 2 rings (SSSR count). The summed E-state index contributed by atoms with van der Waals surface area (Å²) in [5.74, 6) is 0. The first kappa shape index (κ1) is 10.4. The number of hydrogen-bond acceptors (Lipinski definition) is 1. The molecular formula is C12H13BrN2. The van der Waals surface area contributed by atoms with Crippen LogP contribution in [0.25, 0.3) is 11.3 Å². The first-order valence-corrected chi connectivity index (χ1v) is 5.98. The molecule has 1 aromatic heterocycles. The van der Waals surface area contributed by atoms with Gasteiger partial charge in [0.2, 0.25) is 0 Å². The van der Waals surface area contributed by atoms with E-state index in [1.807, 2.05) is 17.9 Å². The van der Waals surface area contributed by atoms with E-state index in [0.717, 1.165) is 11.0 Å². The summed E-state index contributed by atoms with van der Waals surface area (Å²) in [6, 6.07) is 8.48. The molecule has 2 nitrogen and oxygen atoms in total. The average molecular weight is 265 g/mol. The smallest absolute Gasteiger partial charge is 0.0952 e. The molecule has 0 fully saturated rings. The van der Waals surface area contributed by atoms with Gasteiger partial charge in [-0.05, 0) is 18.1 Å². The Bertz CT molecular complexity index is 457. The fourth-order valence-corrected chi connectivity index (χ4v) is 2.02. The zero-order valence-corrected chi connectivity index (χ0v) is 10.5. The summed E-state index contributed by atoms with van der Waals surface area (Å²) in [4.78, 5) is 0. The van der Waals surface area contributed by atoms with Crippen molar-refractivity contribution >= 4 is 15.9 Å². The molecule has 0 spiro atoms. The fourth-order valence-electron chi connectivity index (χ4n) is 1.64. The molecular weight excluding hydrogens is 252 g/mol. The highest BCUT2D eigenvalue weighted by Gasteiger charge is 2.05. The van der Waals surface area contributed by atoms with Crippen LogP contribution in [0, 0.1) is 6.92 Å². The van der Waals surface area contributed by atoms with Crippen molar-refractivity contribution in [3.05, 3.63) is 41.6 Å². The summed E-state index contributed by atoms with van der Waals surface area (Å²) < 4.78 is 1.85. The molecule has 0 radical (unpaired) electrons.